The Bertz CT molecular complexity index is 401. The van der Waals surface area contributed by atoms with Gasteiger partial charge in [0.15, 0.2) is 0 Å². The van der Waals surface area contributed by atoms with Crippen molar-refractivity contribution in [3.63, 3.8) is 0 Å². The number of hydrogen-bond donors (Lipinski definition) is 1. The maximum atomic E-state index is 11.8. The van der Waals surface area contributed by atoms with E-state index in [0.717, 1.165) is 11.2 Å². The zero-order chi connectivity index (χ0) is 13.5. The number of rotatable bonds is 6. The average molecular weight is 265 g/mol. The summed E-state index contributed by atoms with van der Waals surface area (Å²) in [7, 11) is 0. The molecule has 0 bridgehead atoms. The molecule has 0 aromatic heterocycles. The number of aldehydes is 1. The summed E-state index contributed by atoms with van der Waals surface area (Å²) in [5, 5.41) is 2.78. The summed E-state index contributed by atoms with van der Waals surface area (Å²) in [5.74, 6) is 0.506. The lowest BCUT2D eigenvalue weighted by Crippen LogP contribution is -2.33. The minimum Gasteiger partial charge on any atom is -0.355 e. The smallest absolute Gasteiger partial charge is 0.233 e. The van der Waals surface area contributed by atoms with Gasteiger partial charge in [-0.3, -0.25) is 9.59 Å². The highest BCUT2D eigenvalue weighted by atomic mass is 32.2. The maximum Gasteiger partial charge on any atom is 0.233 e. The Hall–Kier alpha value is -1.29. The van der Waals surface area contributed by atoms with E-state index < -0.39 is 0 Å². The van der Waals surface area contributed by atoms with E-state index >= 15 is 0 Å². The molecule has 0 spiro atoms. The molecule has 0 aliphatic heterocycles. The first-order chi connectivity index (χ1) is 8.52. The average Bonchev–Trinajstić information content (AvgIpc) is 2.36. The summed E-state index contributed by atoms with van der Waals surface area (Å²) in [6, 6.07) is 7.24. The summed E-state index contributed by atoms with van der Waals surface area (Å²) in [6.07, 6.45) is 0.813. The van der Waals surface area contributed by atoms with Crippen LogP contribution >= 0.6 is 11.8 Å². The molecule has 1 unspecified atom stereocenters. The molecule has 0 fully saturated rings. The van der Waals surface area contributed by atoms with Gasteiger partial charge < -0.3 is 5.32 Å². The number of amides is 1. The Morgan fingerprint density at radius 1 is 1.28 bits per heavy atom. The van der Waals surface area contributed by atoms with Crippen molar-refractivity contribution >= 4 is 24.0 Å². The van der Waals surface area contributed by atoms with Gasteiger partial charge in [-0.25, -0.2) is 0 Å². The highest BCUT2D eigenvalue weighted by Crippen LogP contribution is 2.23. The van der Waals surface area contributed by atoms with Crippen LogP contribution in [0.1, 0.15) is 31.1 Å². The van der Waals surface area contributed by atoms with Gasteiger partial charge in [0, 0.05) is 17.0 Å². The molecule has 0 aliphatic rings. The second-order valence-electron chi connectivity index (χ2n) is 4.59. The summed E-state index contributed by atoms with van der Waals surface area (Å²) in [4.78, 5) is 23.3. The van der Waals surface area contributed by atoms with Gasteiger partial charge in [0.05, 0.1) is 5.25 Å². The fourth-order valence-corrected chi connectivity index (χ4v) is 2.22. The fourth-order valence-electron chi connectivity index (χ4n) is 1.33. The summed E-state index contributed by atoms with van der Waals surface area (Å²) >= 11 is 1.49. The van der Waals surface area contributed by atoms with Crippen LogP contribution in [0, 0.1) is 5.92 Å². The van der Waals surface area contributed by atoms with Gasteiger partial charge >= 0.3 is 0 Å². The molecule has 18 heavy (non-hydrogen) atoms. The first kappa shape index (κ1) is 14.8. The Kier molecular flexibility index (Phi) is 5.92. The Morgan fingerprint density at radius 3 is 2.39 bits per heavy atom. The van der Waals surface area contributed by atoms with Crippen molar-refractivity contribution in [2.45, 2.75) is 30.9 Å². The van der Waals surface area contributed by atoms with Crippen LogP contribution in [-0.4, -0.2) is 24.0 Å². The molecular weight excluding hydrogens is 246 g/mol. The summed E-state index contributed by atoms with van der Waals surface area (Å²) < 4.78 is 0. The van der Waals surface area contributed by atoms with Crippen LogP contribution in [0.4, 0.5) is 0 Å². The molecule has 0 radical (unpaired) electrons. The topological polar surface area (TPSA) is 46.2 Å². The second-order valence-corrected chi connectivity index (χ2v) is 6.00. The van der Waals surface area contributed by atoms with Crippen molar-refractivity contribution in [1.82, 2.24) is 5.32 Å². The van der Waals surface area contributed by atoms with E-state index in [1.165, 1.54) is 11.8 Å². The van der Waals surface area contributed by atoms with Gasteiger partial charge in [0.2, 0.25) is 5.91 Å². The van der Waals surface area contributed by atoms with Gasteiger partial charge in [-0.2, -0.15) is 0 Å². The Balaban J connectivity index is 2.49. The third-order valence-corrected chi connectivity index (χ3v) is 3.49. The van der Waals surface area contributed by atoms with Crippen LogP contribution in [0.2, 0.25) is 0 Å². The molecule has 1 amide bonds. The predicted octanol–water partition coefficient (Wildman–Crippen LogP) is 2.75. The number of benzene rings is 1. The summed E-state index contributed by atoms with van der Waals surface area (Å²) in [6.45, 7) is 6.72. The van der Waals surface area contributed by atoms with E-state index in [1.54, 1.807) is 12.1 Å². The van der Waals surface area contributed by atoms with E-state index in [2.05, 4.69) is 19.2 Å². The van der Waals surface area contributed by atoms with Gasteiger partial charge in [0.1, 0.15) is 6.29 Å². The lowest BCUT2D eigenvalue weighted by atomic mass is 10.2. The zero-order valence-electron chi connectivity index (χ0n) is 11.0. The second kappa shape index (κ2) is 7.21. The Morgan fingerprint density at radius 2 is 1.89 bits per heavy atom. The minimum atomic E-state index is -0.133. The SMILES string of the molecule is CC(C)CNC(=O)C(C)Sc1ccc(C=O)cc1. The van der Waals surface area contributed by atoms with Crippen LogP contribution in [0.25, 0.3) is 0 Å². The molecule has 0 saturated carbocycles. The quantitative estimate of drug-likeness (QED) is 0.635. The maximum absolute atomic E-state index is 11.8. The van der Waals surface area contributed by atoms with Gasteiger partial charge in [-0.1, -0.05) is 26.0 Å². The summed E-state index contributed by atoms with van der Waals surface area (Å²) in [5.41, 5.74) is 0.649. The number of carbonyl (C=O) groups excluding carboxylic acids is 2. The zero-order valence-corrected chi connectivity index (χ0v) is 11.8. The highest BCUT2D eigenvalue weighted by molar-refractivity contribution is 8.00. The molecule has 1 rings (SSSR count). The molecule has 0 aliphatic carbocycles. The third kappa shape index (κ3) is 4.92. The van der Waals surface area contributed by atoms with E-state index in [4.69, 9.17) is 0 Å². The van der Waals surface area contributed by atoms with Crippen molar-refractivity contribution in [2.24, 2.45) is 5.92 Å². The van der Waals surface area contributed by atoms with Crippen molar-refractivity contribution in [1.29, 1.82) is 0 Å². The molecular formula is C14H19NO2S. The molecule has 4 heteroatoms. The van der Waals surface area contributed by atoms with E-state index in [0.29, 0.717) is 18.0 Å². The largest absolute Gasteiger partial charge is 0.355 e. The molecule has 98 valence electrons. The molecule has 0 saturated heterocycles. The van der Waals surface area contributed by atoms with Crippen LogP contribution in [0.15, 0.2) is 29.2 Å². The molecule has 1 aromatic carbocycles. The Labute approximate surface area is 112 Å². The molecule has 1 aromatic rings. The van der Waals surface area contributed by atoms with Gasteiger partial charge in [0.25, 0.3) is 0 Å². The van der Waals surface area contributed by atoms with Crippen molar-refractivity contribution in [3.8, 4) is 0 Å². The lowest BCUT2D eigenvalue weighted by molar-refractivity contribution is -0.120. The predicted molar refractivity (Wildman–Crippen MR) is 75.0 cm³/mol. The number of hydrogen-bond acceptors (Lipinski definition) is 3. The normalized spacial score (nSPS) is 12.2. The van der Waals surface area contributed by atoms with Crippen molar-refractivity contribution in [3.05, 3.63) is 29.8 Å². The van der Waals surface area contributed by atoms with E-state index in [1.807, 2.05) is 19.1 Å². The minimum absolute atomic E-state index is 0.0492. The van der Waals surface area contributed by atoms with Crippen molar-refractivity contribution < 1.29 is 9.59 Å². The van der Waals surface area contributed by atoms with Gasteiger partial charge in [-0.15, -0.1) is 11.8 Å². The molecule has 1 N–H and O–H groups in total. The number of nitrogens with one attached hydrogen (secondary N) is 1. The fraction of sp³-hybridized carbons (Fsp3) is 0.429. The monoisotopic (exact) mass is 265 g/mol. The van der Waals surface area contributed by atoms with Crippen molar-refractivity contribution in [2.75, 3.05) is 6.54 Å². The molecule has 0 heterocycles. The van der Waals surface area contributed by atoms with E-state index in [-0.39, 0.29) is 11.2 Å². The van der Waals surface area contributed by atoms with Crippen LogP contribution in [-0.2, 0) is 4.79 Å². The first-order valence-electron chi connectivity index (χ1n) is 6.02. The number of thioether (sulfide) groups is 1. The van der Waals surface area contributed by atoms with Crippen LogP contribution in [0.5, 0.6) is 0 Å². The van der Waals surface area contributed by atoms with Gasteiger partial charge in [-0.05, 0) is 25.0 Å². The van der Waals surface area contributed by atoms with Crippen LogP contribution in [0.3, 0.4) is 0 Å². The lowest BCUT2D eigenvalue weighted by Gasteiger charge is -2.13. The van der Waals surface area contributed by atoms with Crippen LogP contribution < -0.4 is 5.32 Å². The first-order valence-corrected chi connectivity index (χ1v) is 6.90. The number of carbonyl (C=O) groups is 2. The third-order valence-electron chi connectivity index (χ3n) is 2.38. The standard InChI is InChI=1S/C14H19NO2S/c1-10(2)8-15-14(17)11(3)18-13-6-4-12(9-16)5-7-13/h4-7,9-11H,8H2,1-3H3,(H,15,17). The highest BCUT2D eigenvalue weighted by Gasteiger charge is 2.14. The van der Waals surface area contributed by atoms with E-state index in [9.17, 15) is 9.59 Å². The molecule has 3 nitrogen and oxygen atoms in total. The molecule has 1 atom stereocenters.